The van der Waals surface area contributed by atoms with Gasteiger partial charge in [-0.1, -0.05) is 41.9 Å². The highest BCUT2D eigenvalue weighted by molar-refractivity contribution is 6.36. The van der Waals surface area contributed by atoms with Crippen LogP contribution in [0.25, 0.3) is 16.6 Å². The van der Waals surface area contributed by atoms with Gasteiger partial charge >= 0.3 is 0 Å². The molecule has 4 rings (SSSR count). The van der Waals surface area contributed by atoms with Crippen LogP contribution in [0.3, 0.4) is 0 Å². The van der Waals surface area contributed by atoms with Crippen molar-refractivity contribution in [2.45, 2.75) is 6.42 Å². The van der Waals surface area contributed by atoms with E-state index in [0.717, 1.165) is 27.8 Å². The van der Waals surface area contributed by atoms with E-state index in [4.69, 9.17) is 16.3 Å². The number of hydrogen-bond donors (Lipinski definition) is 0. The van der Waals surface area contributed by atoms with E-state index < -0.39 is 0 Å². The van der Waals surface area contributed by atoms with Crippen LogP contribution in [0.1, 0.15) is 11.1 Å². The van der Waals surface area contributed by atoms with Gasteiger partial charge in [-0.25, -0.2) is 0 Å². The summed E-state index contributed by atoms with van der Waals surface area (Å²) in [6, 6.07) is 15.8. The number of fused-ring (bicyclic) bond motifs is 3. The van der Waals surface area contributed by atoms with Crippen LogP contribution in [-0.4, -0.2) is 27.2 Å². The number of methoxy groups -OCH3 is 1. The molecule has 114 valence electrons. The lowest BCUT2D eigenvalue weighted by Gasteiger charge is -2.11. The second kappa shape index (κ2) is 5.52. The number of benzene rings is 2. The Balaban J connectivity index is 2.00. The lowest BCUT2D eigenvalue weighted by atomic mass is 10.0. The summed E-state index contributed by atoms with van der Waals surface area (Å²) in [5.41, 5.74) is 3.57. The third-order valence-corrected chi connectivity index (χ3v) is 4.33. The molecule has 2 aromatic heterocycles. The Morgan fingerprint density at radius 2 is 1.96 bits per heavy atom. The smallest absolute Gasteiger partial charge is 0.184 e. The first-order chi connectivity index (χ1) is 11.3. The number of halogens is 1. The molecule has 0 fully saturated rings. The maximum Gasteiger partial charge on any atom is 0.184 e. The van der Waals surface area contributed by atoms with E-state index in [-0.39, 0.29) is 0 Å². The van der Waals surface area contributed by atoms with Crippen LogP contribution in [0.5, 0.6) is 5.75 Å². The normalized spacial score (nSPS) is 11.2. The molecule has 5 nitrogen and oxygen atoms in total. The third kappa shape index (κ3) is 2.29. The second-order valence-electron chi connectivity index (χ2n) is 5.25. The Morgan fingerprint density at radius 1 is 1.13 bits per heavy atom. The summed E-state index contributed by atoms with van der Waals surface area (Å²) in [5, 5.41) is 13.7. The Morgan fingerprint density at radius 3 is 2.74 bits per heavy atom. The van der Waals surface area contributed by atoms with Gasteiger partial charge in [-0.05, 0) is 28.1 Å². The molecule has 6 heteroatoms. The molecule has 0 aliphatic heterocycles. The van der Waals surface area contributed by atoms with Gasteiger partial charge in [0, 0.05) is 23.4 Å². The average molecular weight is 325 g/mol. The van der Waals surface area contributed by atoms with Gasteiger partial charge in [-0.2, -0.15) is 4.52 Å². The highest BCUT2D eigenvalue weighted by Crippen LogP contribution is 2.33. The minimum atomic E-state index is 0.666. The summed E-state index contributed by atoms with van der Waals surface area (Å²) in [6.45, 7) is 0. The molecule has 0 aliphatic rings. The number of aromatic nitrogens is 4. The maximum absolute atomic E-state index is 6.67. The molecular weight excluding hydrogens is 312 g/mol. The number of tetrazole rings is 1. The van der Waals surface area contributed by atoms with E-state index in [1.54, 1.807) is 11.6 Å². The zero-order valence-electron chi connectivity index (χ0n) is 12.4. The molecule has 2 aromatic carbocycles. The Kier molecular flexibility index (Phi) is 3.35. The third-order valence-electron chi connectivity index (χ3n) is 3.90. The van der Waals surface area contributed by atoms with Crippen LogP contribution < -0.4 is 4.74 Å². The fourth-order valence-corrected chi connectivity index (χ4v) is 3.07. The number of rotatable bonds is 3. The predicted octanol–water partition coefficient (Wildman–Crippen LogP) is 3.53. The topological polar surface area (TPSA) is 52.3 Å². The first-order valence-electron chi connectivity index (χ1n) is 7.18. The van der Waals surface area contributed by atoms with Crippen LogP contribution in [0.15, 0.2) is 48.5 Å². The lowest BCUT2D eigenvalue weighted by molar-refractivity contribution is 0.415. The molecule has 0 spiro atoms. The van der Waals surface area contributed by atoms with Crippen LogP contribution >= 0.6 is 11.6 Å². The molecular formula is C17H13ClN4O. The van der Waals surface area contributed by atoms with Gasteiger partial charge < -0.3 is 4.74 Å². The predicted molar refractivity (Wildman–Crippen MR) is 89.1 cm³/mol. The van der Waals surface area contributed by atoms with Crippen LogP contribution in [0.2, 0.25) is 5.02 Å². The van der Waals surface area contributed by atoms with Gasteiger partial charge in [0.25, 0.3) is 0 Å². The highest BCUT2D eigenvalue weighted by Gasteiger charge is 2.16. The lowest BCUT2D eigenvalue weighted by Crippen LogP contribution is -2.00. The molecule has 23 heavy (non-hydrogen) atoms. The summed E-state index contributed by atoms with van der Waals surface area (Å²) in [6.07, 6.45) is 0.672. The van der Waals surface area contributed by atoms with Crippen molar-refractivity contribution < 1.29 is 4.74 Å². The minimum absolute atomic E-state index is 0.666. The van der Waals surface area contributed by atoms with Crippen LogP contribution in [0, 0.1) is 0 Å². The monoisotopic (exact) mass is 324 g/mol. The molecule has 0 atom stereocenters. The summed E-state index contributed by atoms with van der Waals surface area (Å²) in [5.74, 6) is 0.737. The second-order valence-corrected chi connectivity index (χ2v) is 5.63. The zero-order valence-corrected chi connectivity index (χ0v) is 13.2. The molecule has 0 aliphatic carbocycles. The summed E-state index contributed by atoms with van der Waals surface area (Å²) < 4.78 is 7.00. The van der Waals surface area contributed by atoms with Gasteiger partial charge in [0.2, 0.25) is 0 Å². The molecule has 0 saturated carbocycles. The average Bonchev–Trinajstić information content (AvgIpc) is 3.09. The largest absolute Gasteiger partial charge is 0.497 e. The summed E-state index contributed by atoms with van der Waals surface area (Å²) in [4.78, 5) is 0. The number of pyridine rings is 1. The number of nitrogens with zero attached hydrogens (tertiary/aromatic N) is 4. The van der Waals surface area contributed by atoms with Gasteiger partial charge in [0.05, 0.1) is 17.6 Å². The molecule has 0 N–H and O–H groups in total. The first-order valence-corrected chi connectivity index (χ1v) is 7.56. The van der Waals surface area contributed by atoms with E-state index in [1.807, 2.05) is 36.4 Å². The Bertz CT molecular complexity index is 998. The molecule has 0 saturated heterocycles. The van der Waals surface area contributed by atoms with Crippen molar-refractivity contribution in [1.29, 1.82) is 0 Å². The van der Waals surface area contributed by atoms with E-state index >= 15 is 0 Å². The van der Waals surface area contributed by atoms with Crippen LogP contribution in [0.4, 0.5) is 0 Å². The van der Waals surface area contributed by atoms with Crippen molar-refractivity contribution in [3.05, 3.63) is 64.7 Å². The quantitative estimate of drug-likeness (QED) is 0.578. The van der Waals surface area contributed by atoms with Gasteiger partial charge in [-0.3, -0.25) is 0 Å². The molecule has 0 unspecified atom stereocenters. The standard InChI is InChI=1S/C17H13ClN4O/c1-23-12-7-8-13-15(10-12)22-17(19-20-21-22)14(16(13)18)9-11-5-3-2-4-6-11/h2-8,10H,9H2,1H3. The van der Waals surface area contributed by atoms with E-state index in [0.29, 0.717) is 17.1 Å². The Labute approximate surface area is 137 Å². The van der Waals surface area contributed by atoms with Gasteiger partial charge in [-0.15, -0.1) is 5.10 Å². The van der Waals surface area contributed by atoms with Crippen molar-refractivity contribution in [1.82, 2.24) is 20.0 Å². The molecule has 4 aromatic rings. The number of ether oxygens (including phenoxy) is 1. The molecule has 2 heterocycles. The van der Waals surface area contributed by atoms with Crippen molar-refractivity contribution >= 4 is 28.2 Å². The molecule has 0 amide bonds. The minimum Gasteiger partial charge on any atom is -0.497 e. The van der Waals surface area contributed by atoms with Crippen molar-refractivity contribution in [2.24, 2.45) is 0 Å². The van der Waals surface area contributed by atoms with Crippen molar-refractivity contribution in [3.63, 3.8) is 0 Å². The molecule has 0 bridgehead atoms. The van der Waals surface area contributed by atoms with Gasteiger partial charge in [0.1, 0.15) is 5.75 Å². The zero-order chi connectivity index (χ0) is 15.8. The first kappa shape index (κ1) is 14.0. The van der Waals surface area contributed by atoms with E-state index in [1.165, 1.54) is 0 Å². The number of hydrogen-bond acceptors (Lipinski definition) is 4. The summed E-state index contributed by atoms with van der Waals surface area (Å²) >= 11 is 6.67. The maximum atomic E-state index is 6.67. The van der Waals surface area contributed by atoms with E-state index in [9.17, 15) is 0 Å². The van der Waals surface area contributed by atoms with Gasteiger partial charge in [0.15, 0.2) is 5.65 Å². The fourth-order valence-electron chi connectivity index (χ4n) is 2.75. The molecule has 0 radical (unpaired) electrons. The van der Waals surface area contributed by atoms with Crippen LogP contribution in [-0.2, 0) is 6.42 Å². The Hall–Kier alpha value is -2.66. The van der Waals surface area contributed by atoms with E-state index in [2.05, 4.69) is 27.7 Å². The highest BCUT2D eigenvalue weighted by atomic mass is 35.5. The van der Waals surface area contributed by atoms with Crippen molar-refractivity contribution in [3.8, 4) is 5.75 Å². The summed E-state index contributed by atoms with van der Waals surface area (Å²) in [7, 11) is 1.63. The fraction of sp³-hybridized carbons (Fsp3) is 0.118. The van der Waals surface area contributed by atoms with Crippen molar-refractivity contribution in [2.75, 3.05) is 7.11 Å². The SMILES string of the molecule is COc1ccc2c(Cl)c(Cc3ccccc3)c3nnnn3c2c1.